The second-order valence-corrected chi connectivity index (χ2v) is 8.20. The molecule has 8 heteroatoms. The van der Waals surface area contributed by atoms with Gasteiger partial charge in [0.1, 0.15) is 0 Å². The molecular formula is C16H22F3NO3S. The summed E-state index contributed by atoms with van der Waals surface area (Å²) in [5.74, 6) is 0. The van der Waals surface area contributed by atoms with Crippen LogP contribution in [0.1, 0.15) is 44.6 Å². The standard InChI is InChI=1S/C16H22F3NO3S/c1-15(21,16(17,18)19)13-7-9-14(10-8-13)24(22,23)20-11-5-3-2-4-6-12-20/h7-10,21H,2-6,11-12H2,1H3. The van der Waals surface area contributed by atoms with Crippen LogP contribution in [0.3, 0.4) is 0 Å². The number of rotatable bonds is 3. The van der Waals surface area contributed by atoms with Gasteiger partial charge in [-0.25, -0.2) is 8.42 Å². The molecule has 0 aliphatic carbocycles. The van der Waals surface area contributed by atoms with Gasteiger partial charge in [-0.05, 0) is 37.5 Å². The van der Waals surface area contributed by atoms with Crippen LogP contribution in [-0.4, -0.2) is 37.1 Å². The summed E-state index contributed by atoms with van der Waals surface area (Å²) in [6.45, 7) is 1.49. The lowest BCUT2D eigenvalue weighted by molar-refractivity contribution is -0.258. The number of aliphatic hydroxyl groups is 1. The van der Waals surface area contributed by atoms with E-state index >= 15 is 0 Å². The van der Waals surface area contributed by atoms with Crippen molar-refractivity contribution < 1.29 is 26.7 Å². The van der Waals surface area contributed by atoms with Crippen LogP contribution in [-0.2, 0) is 15.6 Å². The van der Waals surface area contributed by atoms with E-state index in [1.54, 1.807) is 0 Å². The molecular weight excluding hydrogens is 343 g/mol. The summed E-state index contributed by atoms with van der Waals surface area (Å²) in [7, 11) is -3.73. The first-order chi connectivity index (χ1) is 11.1. The van der Waals surface area contributed by atoms with Crippen LogP contribution in [0.2, 0.25) is 0 Å². The maximum Gasteiger partial charge on any atom is 0.421 e. The summed E-state index contributed by atoms with van der Waals surface area (Å²) in [4.78, 5) is -0.0511. The van der Waals surface area contributed by atoms with Crippen LogP contribution in [0.5, 0.6) is 0 Å². The van der Waals surface area contributed by atoms with Crippen LogP contribution in [0.25, 0.3) is 0 Å². The summed E-state index contributed by atoms with van der Waals surface area (Å²) in [6, 6.07) is 4.29. The van der Waals surface area contributed by atoms with Crippen molar-refractivity contribution in [2.75, 3.05) is 13.1 Å². The number of hydrogen-bond acceptors (Lipinski definition) is 3. The quantitative estimate of drug-likeness (QED) is 0.893. The number of hydrogen-bond donors (Lipinski definition) is 1. The Morgan fingerprint density at radius 3 is 1.88 bits per heavy atom. The minimum absolute atomic E-state index is 0.0511. The molecule has 136 valence electrons. The van der Waals surface area contributed by atoms with Crippen LogP contribution < -0.4 is 0 Å². The number of benzene rings is 1. The Balaban J connectivity index is 2.26. The predicted octanol–water partition coefficient (Wildman–Crippen LogP) is 3.41. The number of halogens is 3. The molecule has 4 nitrogen and oxygen atoms in total. The van der Waals surface area contributed by atoms with E-state index in [1.165, 1.54) is 4.31 Å². The lowest BCUT2D eigenvalue weighted by Crippen LogP contribution is -2.39. The van der Waals surface area contributed by atoms with Crippen LogP contribution in [0.4, 0.5) is 13.2 Å². The molecule has 1 aromatic carbocycles. The highest BCUT2D eigenvalue weighted by atomic mass is 32.2. The molecule has 1 aliphatic heterocycles. The van der Waals surface area contributed by atoms with Crippen molar-refractivity contribution in [2.45, 2.75) is 55.7 Å². The molecule has 1 N–H and O–H groups in total. The fourth-order valence-corrected chi connectivity index (χ4v) is 4.24. The van der Waals surface area contributed by atoms with E-state index < -0.39 is 21.8 Å². The van der Waals surface area contributed by atoms with Gasteiger partial charge in [0.05, 0.1) is 4.90 Å². The van der Waals surface area contributed by atoms with Crippen molar-refractivity contribution in [1.29, 1.82) is 0 Å². The fraction of sp³-hybridized carbons (Fsp3) is 0.625. The first-order valence-electron chi connectivity index (χ1n) is 7.96. The Hall–Kier alpha value is -1.12. The van der Waals surface area contributed by atoms with Crippen molar-refractivity contribution in [1.82, 2.24) is 4.31 Å². The predicted molar refractivity (Wildman–Crippen MR) is 83.9 cm³/mol. The molecule has 0 amide bonds. The largest absolute Gasteiger partial charge is 0.421 e. The lowest BCUT2D eigenvalue weighted by atomic mass is 9.96. The van der Waals surface area contributed by atoms with Crippen molar-refractivity contribution in [2.24, 2.45) is 0 Å². The minimum Gasteiger partial charge on any atom is -0.376 e. The Morgan fingerprint density at radius 1 is 0.958 bits per heavy atom. The summed E-state index contributed by atoms with van der Waals surface area (Å²) >= 11 is 0. The smallest absolute Gasteiger partial charge is 0.376 e. The molecule has 0 saturated carbocycles. The zero-order valence-corrected chi connectivity index (χ0v) is 14.3. The molecule has 1 atom stereocenters. The third kappa shape index (κ3) is 3.92. The molecule has 0 spiro atoms. The van der Waals surface area contributed by atoms with E-state index in [9.17, 15) is 26.7 Å². The van der Waals surface area contributed by atoms with Gasteiger partial charge < -0.3 is 5.11 Å². The summed E-state index contributed by atoms with van der Waals surface area (Å²) in [6.07, 6.45) is -0.245. The van der Waals surface area contributed by atoms with Crippen molar-refractivity contribution in [3.05, 3.63) is 29.8 Å². The SMILES string of the molecule is CC(O)(c1ccc(S(=O)(=O)N2CCCCCCC2)cc1)C(F)(F)F. The molecule has 24 heavy (non-hydrogen) atoms. The first kappa shape index (κ1) is 19.2. The highest BCUT2D eigenvalue weighted by Gasteiger charge is 2.51. The van der Waals surface area contributed by atoms with Crippen LogP contribution >= 0.6 is 0 Å². The molecule has 0 aromatic heterocycles. The Kier molecular flexibility index (Phi) is 5.61. The monoisotopic (exact) mass is 365 g/mol. The maximum atomic E-state index is 12.9. The zero-order valence-electron chi connectivity index (χ0n) is 13.5. The summed E-state index contributed by atoms with van der Waals surface area (Å²) < 4.78 is 65.2. The molecule has 0 radical (unpaired) electrons. The number of sulfonamides is 1. The van der Waals surface area contributed by atoms with E-state index in [0.29, 0.717) is 20.0 Å². The van der Waals surface area contributed by atoms with Gasteiger partial charge >= 0.3 is 6.18 Å². The van der Waals surface area contributed by atoms with Gasteiger partial charge in [-0.1, -0.05) is 31.4 Å². The molecule has 1 fully saturated rings. The maximum absolute atomic E-state index is 12.9. The lowest BCUT2D eigenvalue weighted by Gasteiger charge is -2.27. The van der Waals surface area contributed by atoms with Gasteiger partial charge in [0.25, 0.3) is 0 Å². The van der Waals surface area contributed by atoms with Gasteiger partial charge in [-0.3, -0.25) is 0 Å². The molecule has 0 bridgehead atoms. The highest BCUT2D eigenvalue weighted by molar-refractivity contribution is 7.89. The van der Waals surface area contributed by atoms with E-state index in [1.807, 2.05) is 0 Å². The number of alkyl halides is 3. The van der Waals surface area contributed by atoms with E-state index in [2.05, 4.69) is 0 Å². The topological polar surface area (TPSA) is 57.6 Å². The van der Waals surface area contributed by atoms with Gasteiger partial charge in [0, 0.05) is 13.1 Å². The van der Waals surface area contributed by atoms with E-state index in [-0.39, 0.29) is 10.5 Å². The Labute approximate surface area is 140 Å². The minimum atomic E-state index is -4.84. The summed E-state index contributed by atoms with van der Waals surface area (Å²) in [5, 5.41) is 9.65. The van der Waals surface area contributed by atoms with Crippen LogP contribution in [0, 0.1) is 0 Å². The third-order valence-electron chi connectivity index (χ3n) is 4.42. The third-order valence-corrected chi connectivity index (χ3v) is 6.33. The van der Waals surface area contributed by atoms with Gasteiger partial charge in [-0.2, -0.15) is 17.5 Å². The van der Waals surface area contributed by atoms with E-state index in [4.69, 9.17) is 0 Å². The summed E-state index contributed by atoms with van der Waals surface area (Å²) in [5.41, 5.74) is -3.41. The zero-order chi connectivity index (χ0) is 18.0. The highest BCUT2D eigenvalue weighted by Crippen LogP contribution is 2.38. The molecule has 1 heterocycles. The molecule has 1 aromatic rings. The van der Waals surface area contributed by atoms with Gasteiger partial charge in [0.2, 0.25) is 10.0 Å². The first-order valence-corrected chi connectivity index (χ1v) is 9.40. The van der Waals surface area contributed by atoms with Crippen molar-refractivity contribution in [3.63, 3.8) is 0 Å². The van der Waals surface area contributed by atoms with Gasteiger partial charge in [0.15, 0.2) is 5.60 Å². The normalized spacial score (nSPS) is 20.9. The molecule has 2 rings (SSSR count). The Morgan fingerprint density at radius 2 is 1.42 bits per heavy atom. The molecule has 1 unspecified atom stereocenters. The van der Waals surface area contributed by atoms with E-state index in [0.717, 1.165) is 56.4 Å². The second kappa shape index (κ2) is 7.01. The van der Waals surface area contributed by atoms with Crippen LogP contribution in [0.15, 0.2) is 29.2 Å². The fourth-order valence-electron chi connectivity index (χ4n) is 2.72. The average Bonchev–Trinajstić information content (AvgIpc) is 2.45. The second-order valence-electron chi connectivity index (χ2n) is 6.27. The Bertz CT molecular complexity index is 646. The van der Waals surface area contributed by atoms with Crippen molar-refractivity contribution >= 4 is 10.0 Å². The number of nitrogens with zero attached hydrogens (tertiary/aromatic N) is 1. The molecule has 1 saturated heterocycles. The van der Waals surface area contributed by atoms with Crippen molar-refractivity contribution in [3.8, 4) is 0 Å². The molecule has 1 aliphatic rings. The average molecular weight is 365 g/mol. The van der Waals surface area contributed by atoms with Gasteiger partial charge in [-0.15, -0.1) is 0 Å².